The summed E-state index contributed by atoms with van der Waals surface area (Å²) < 4.78 is 1.80. The maximum Gasteiger partial charge on any atom is 0.241 e. The van der Waals surface area contributed by atoms with E-state index >= 15 is 0 Å². The first-order valence-corrected chi connectivity index (χ1v) is 8.28. The predicted octanol–water partition coefficient (Wildman–Crippen LogP) is 3.86. The monoisotopic (exact) mass is 408 g/mol. The first-order chi connectivity index (χ1) is 10.1. The molecule has 0 fully saturated rings. The zero-order valence-electron chi connectivity index (χ0n) is 11.2. The van der Waals surface area contributed by atoms with Crippen molar-refractivity contribution >= 4 is 43.5 Å². The number of nitrogens with one attached hydrogen (secondary N) is 2. The van der Waals surface area contributed by atoms with Gasteiger partial charge in [0.25, 0.3) is 0 Å². The summed E-state index contributed by atoms with van der Waals surface area (Å²) in [5.74, 6) is -0.0108. The van der Waals surface area contributed by atoms with Crippen molar-refractivity contribution in [2.24, 2.45) is 0 Å². The number of benzene rings is 2. The number of amides is 1. The summed E-state index contributed by atoms with van der Waals surface area (Å²) in [5, 5.41) is 6.26. The minimum absolute atomic E-state index is 0.0108. The number of rotatable bonds is 2. The average molecular weight is 410 g/mol. The van der Waals surface area contributed by atoms with Gasteiger partial charge >= 0.3 is 0 Å². The van der Waals surface area contributed by atoms with Gasteiger partial charge in [0.05, 0.1) is 11.7 Å². The average Bonchev–Trinajstić information content (AvgIpc) is 2.50. The van der Waals surface area contributed by atoms with E-state index in [1.165, 1.54) is 11.1 Å². The summed E-state index contributed by atoms with van der Waals surface area (Å²) in [5.41, 5.74) is 3.28. The fourth-order valence-electron chi connectivity index (χ4n) is 2.45. The summed E-state index contributed by atoms with van der Waals surface area (Å²) >= 11 is 6.87. The van der Waals surface area contributed by atoms with Crippen LogP contribution >= 0.6 is 31.9 Å². The molecule has 0 bridgehead atoms. The third-order valence-corrected chi connectivity index (χ3v) is 4.77. The van der Waals surface area contributed by atoms with Crippen LogP contribution in [0.25, 0.3) is 0 Å². The highest BCUT2D eigenvalue weighted by Crippen LogP contribution is 2.26. The molecule has 1 atom stereocenters. The molecule has 1 aliphatic heterocycles. The molecule has 21 heavy (non-hydrogen) atoms. The second-order valence-corrected chi connectivity index (χ2v) is 6.79. The standard InChI is InChI=1S/C16H14Br2N2O/c17-12-5-6-13(18)14(8-12)20-16(21)15-7-10-3-1-2-4-11(10)9-19-15/h1-6,8,15,19H,7,9H2,(H,20,21)/t15-/m0/s1. The molecular weight excluding hydrogens is 396 g/mol. The van der Waals surface area contributed by atoms with Gasteiger partial charge in [0, 0.05) is 15.5 Å². The third-order valence-electron chi connectivity index (χ3n) is 3.58. The third kappa shape index (κ3) is 3.36. The molecule has 0 spiro atoms. The molecule has 0 unspecified atom stereocenters. The number of fused-ring (bicyclic) bond motifs is 1. The van der Waals surface area contributed by atoms with Crippen molar-refractivity contribution in [2.75, 3.05) is 5.32 Å². The number of hydrogen-bond acceptors (Lipinski definition) is 2. The first kappa shape index (κ1) is 14.8. The quantitative estimate of drug-likeness (QED) is 0.790. The van der Waals surface area contributed by atoms with E-state index in [1.807, 2.05) is 30.3 Å². The van der Waals surface area contributed by atoms with Crippen LogP contribution in [0.2, 0.25) is 0 Å². The molecule has 1 amide bonds. The van der Waals surface area contributed by atoms with E-state index in [0.29, 0.717) is 6.42 Å². The zero-order chi connectivity index (χ0) is 14.8. The van der Waals surface area contributed by atoms with Crippen LogP contribution in [-0.4, -0.2) is 11.9 Å². The normalized spacial score (nSPS) is 17.1. The molecule has 0 saturated heterocycles. The molecule has 108 valence electrons. The molecule has 1 heterocycles. The van der Waals surface area contributed by atoms with Gasteiger partial charge in [-0.25, -0.2) is 0 Å². The van der Waals surface area contributed by atoms with Gasteiger partial charge < -0.3 is 10.6 Å². The minimum atomic E-state index is -0.203. The molecule has 0 saturated carbocycles. The smallest absolute Gasteiger partial charge is 0.241 e. The van der Waals surface area contributed by atoms with Crippen molar-refractivity contribution in [1.29, 1.82) is 0 Å². The second kappa shape index (κ2) is 6.30. The summed E-state index contributed by atoms with van der Waals surface area (Å²) in [7, 11) is 0. The fraction of sp³-hybridized carbons (Fsp3) is 0.188. The number of hydrogen-bond donors (Lipinski definition) is 2. The lowest BCUT2D eigenvalue weighted by Gasteiger charge is -2.25. The van der Waals surface area contributed by atoms with Crippen LogP contribution in [0.15, 0.2) is 51.4 Å². The first-order valence-electron chi connectivity index (χ1n) is 6.69. The van der Waals surface area contributed by atoms with E-state index in [1.54, 1.807) is 0 Å². The van der Waals surface area contributed by atoms with Crippen LogP contribution in [0, 0.1) is 0 Å². The summed E-state index contributed by atoms with van der Waals surface area (Å²) in [6, 6.07) is 13.7. The maximum absolute atomic E-state index is 12.4. The van der Waals surface area contributed by atoms with Crippen LogP contribution in [0.1, 0.15) is 11.1 Å². The number of halogens is 2. The Balaban J connectivity index is 1.74. The van der Waals surface area contributed by atoms with Gasteiger partial charge in [0.2, 0.25) is 5.91 Å². The Kier molecular flexibility index (Phi) is 4.42. The van der Waals surface area contributed by atoms with Crippen LogP contribution in [-0.2, 0) is 17.8 Å². The lowest BCUT2D eigenvalue weighted by molar-refractivity contribution is -0.118. The minimum Gasteiger partial charge on any atom is -0.324 e. The molecule has 2 aromatic rings. The molecule has 3 nitrogen and oxygen atoms in total. The largest absolute Gasteiger partial charge is 0.324 e. The summed E-state index contributed by atoms with van der Waals surface area (Å²) in [6.45, 7) is 0.730. The van der Waals surface area contributed by atoms with Crippen LogP contribution < -0.4 is 10.6 Å². The molecule has 0 aromatic heterocycles. The SMILES string of the molecule is O=C(Nc1cc(Br)ccc1Br)[C@@H]1Cc2ccccc2CN1. The molecule has 0 radical (unpaired) electrons. The van der Waals surface area contributed by atoms with E-state index in [9.17, 15) is 4.79 Å². The van der Waals surface area contributed by atoms with Crippen molar-refractivity contribution < 1.29 is 4.79 Å². The van der Waals surface area contributed by atoms with Gasteiger partial charge in [0.15, 0.2) is 0 Å². The maximum atomic E-state index is 12.4. The summed E-state index contributed by atoms with van der Waals surface area (Å²) in [6.07, 6.45) is 0.716. The van der Waals surface area contributed by atoms with Crippen LogP contribution in [0.3, 0.4) is 0 Å². The Morgan fingerprint density at radius 3 is 2.71 bits per heavy atom. The van der Waals surface area contributed by atoms with Crippen LogP contribution in [0.4, 0.5) is 5.69 Å². The molecule has 3 rings (SSSR count). The summed E-state index contributed by atoms with van der Waals surface area (Å²) in [4.78, 5) is 12.4. The van der Waals surface area contributed by atoms with Gasteiger partial charge in [-0.3, -0.25) is 4.79 Å². The Morgan fingerprint density at radius 1 is 1.14 bits per heavy atom. The zero-order valence-corrected chi connectivity index (χ0v) is 14.4. The Bertz CT molecular complexity index is 688. The van der Waals surface area contributed by atoms with Gasteiger partial charge in [-0.15, -0.1) is 0 Å². The second-order valence-electron chi connectivity index (χ2n) is 5.02. The van der Waals surface area contributed by atoms with Crippen molar-refractivity contribution in [3.8, 4) is 0 Å². The van der Waals surface area contributed by atoms with E-state index in [-0.39, 0.29) is 11.9 Å². The van der Waals surface area contributed by atoms with Crippen molar-refractivity contribution in [1.82, 2.24) is 5.32 Å². The highest BCUT2D eigenvalue weighted by Gasteiger charge is 2.24. The van der Waals surface area contributed by atoms with E-state index < -0.39 is 0 Å². The van der Waals surface area contributed by atoms with E-state index in [0.717, 1.165) is 21.2 Å². The lowest BCUT2D eigenvalue weighted by Crippen LogP contribution is -2.44. The van der Waals surface area contributed by atoms with Gasteiger partial charge in [-0.05, 0) is 51.7 Å². The van der Waals surface area contributed by atoms with Crippen molar-refractivity contribution in [3.63, 3.8) is 0 Å². The van der Waals surface area contributed by atoms with Gasteiger partial charge in [-0.2, -0.15) is 0 Å². The molecule has 2 N–H and O–H groups in total. The van der Waals surface area contributed by atoms with Crippen molar-refractivity contribution in [3.05, 3.63) is 62.5 Å². The van der Waals surface area contributed by atoms with E-state index in [2.05, 4.69) is 54.6 Å². The number of carbonyl (C=O) groups is 1. The van der Waals surface area contributed by atoms with E-state index in [4.69, 9.17) is 0 Å². The van der Waals surface area contributed by atoms with Gasteiger partial charge in [-0.1, -0.05) is 40.2 Å². The molecule has 0 aliphatic carbocycles. The Morgan fingerprint density at radius 2 is 1.90 bits per heavy atom. The number of carbonyl (C=O) groups excluding carboxylic acids is 1. The highest BCUT2D eigenvalue weighted by atomic mass is 79.9. The predicted molar refractivity (Wildman–Crippen MR) is 91.2 cm³/mol. The number of anilines is 1. The fourth-order valence-corrected chi connectivity index (χ4v) is 3.16. The van der Waals surface area contributed by atoms with Crippen LogP contribution in [0.5, 0.6) is 0 Å². The Hall–Kier alpha value is -1.17. The molecule has 5 heteroatoms. The molecule has 1 aliphatic rings. The molecular formula is C16H14Br2N2O. The van der Waals surface area contributed by atoms with Crippen molar-refractivity contribution in [2.45, 2.75) is 19.0 Å². The van der Waals surface area contributed by atoms with Gasteiger partial charge in [0.1, 0.15) is 0 Å². The Labute approximate surface area is 140 Å². The lowest BCUT2D eigenvalue weighted by atomic mass is 9.95. The topological polar surface area (TPSA) is 41.1 Å². The molecule has 2 aromatic carbocycles. The highest BCUT2D eigenvalue weighted by molar-refractivity contribution is 9.11.